The van der Waals surface area contributed by atoms with Gasteiger partial charge in [0, 0.05) is 5.56 Å². The number of hydrogen-bond donors (Lipinski definition) is 1. The van der Waals surface area contributed by atoms with Gasteiger partial charge in [0.25, 0.3) is 0 Å². The Morgan fingerprint density at radius 2 is 1.87 bits per heavy atom. The van der Waals surface area contributed by atoms with Crippen molar-refractivity contribution in [2.75, 3.05) is 14.2 Å². The summed E-state index contributed by atoms with van der Waals surface area (Å²) in [4.78, 5) is 23.8. The molecule has 0 aliphatic carbocycles. The number of rotatable bonds is 5. The second kappa shape index (κ2) is 7.26. The highest BCUT2D eigenvalue weighted by molar-refractivity contribution is 6.07. The van der Waals surface area contributed by atoms with E-state index in [1.165, 1.54) is 32.4 Å². The first-order valence-corrected chi connectivity index (χ1v) is 6.83. The zero-order valence-corrected chi connectivity index (χ0v) is 12.8. The predicted molar refractivity (Wildman–Crippen MR) is 85.8 cm³/mol. The molecule has 0 fully saturated rings. The number of esters is 1. The van der Waals surface area contributed by atoms with Gasteiger partial charge in [0.1, 0.15) is 17.1 Å². The van der Waals surface area contributed by atoms with Crippen molar-refractivity contribution in [2.24, 2.45) is 0 Å². The van der Waals surface area contributed by atoms with Gasteiger partial charge in [-0.25, -0.2) is 4.79 Å². The Morgan fingerprint density at radius 3 is 2.52 bits per heavy atom. The molecule has 0 aromatic heterocycles. The van der Waals surface area contributed by atoms with Gasteiger partial charge in [0.15, 0.2) is 5.78 Å². The molecule has 2 rings (SSSR count). The van der Waals surface area contributed by atoms with Crippen LogP contribution in [0.1, 0.15) is 26.3 Å². The fourth-order valence-electron chi connectivity index (χ4n) is 2.03. The van der Waals surface area contributed by atoms with Crippen molar-refractivity contribution < 1.29 is 24.2 Å². The van der Waals surface area contributed by atoms with Gasteiger partial charge in [-0.05, 0) is 35.9 Å². The molecule has 0 amide bonds. The van der Waals surface area contributed by atoms with Crippen molar-refractivity contribution >= 4 is 17.8 Å². The van der Waals surface area contributed by atoms with E-state index in [1.54, 1.807) is 36.4 Å². The van der Waals surface area contributed by atoms with Crippen molar-refractivity contribution in [2.45, 2.75) is 0 Å². The first kappa shape index (κ1) is 16.3. The second-order valence-corrected chi connectivity index (χ2v) is 4.70. The Labute approximate surface area is 133 Å². The summed E-state index contributed by atoms with van der Waals surface area (Å²) in [6, 6.07) is 11.0. The van der Waals surface area contributed by atoms with Gasteiger partial charge in [-0.2, -0.15) is 0 Å². The largest absolute Gasteiger partial charge is 0.508 e. The number of hydrogen-bond acceptors (Lipinski definition) is 5. The standard InChI is InChI=1S/C18H16O5/c1-22-17-9-7-12(10-15(17)18(21)23-2)6-8-16(20)13-4-3-5-14(19)11-13/h3-11,19H,1-2H3/b8-6+. The van der Waals surface area contributed by atoms with E-state index in [0.29, 0.717) is 16.9 Å². The van der Waals surface area contributed by atoms with Crippen LogP contribution in [0.15, 0.2) is 48.5 Å². The molecule has 0 spiro atoms. The van der Waals surface area contributed by atoms with Crippen LogP contribution in [0.2, 0.25) is 0 Å². The van der Waals surface area contributed by atoms with Crippen LogP contribution in [-0.2, 0) is 4.74 Å². The topological polar surface area (TPSA) is 72.8 Å². The molecule has 5 heteroatoms. The van der Waals surface area contributed by atoms with Crippen LogP contribution in [0.25, 0.3) is 6.08 Å². The number of ketones is 1. The van der Waals surface area contributed by atoms with E-state index < -0.39 is 5.97 Å². The Morgan fingerprint density at radius 1 is 1.09 bits per heavy atom. The summed E-state index contributed by atoms with van der Waals surface area (Å²) in [6.07, 6.45) is 2.95. The minimum absolute atomic E-state index is 0.0293. The third-order valence-electron chi connectivity index (χ3n) is 3.19. The highest BCUT2D eigenvalue weighted by atomic mass is 16.5. The molecule has 2 aromatic carbocycles. The molecule has 0 atom stereocenters. The summed E-state index contributed by atoms with van der Waals surface area (Å²) in [7, 11) is 2.75. The molecular weight excluding hydrogens is 296 g/mol. The molecule has 0 aliphatic heterocycles. The Balaban J connectivity index is 2.25. The van der Waals surface area contributed by atoms with Gasteiger partial charge < -0.3 is 14.6 Å². The second-order valence-electron chi connectivity index (χ2n) is 4.70. The summed E-state index contributed by atoms with van der Waals surface area (Å²) >= 11 is 0. The summed E-state index contributed by atoms with van der Waals surface area (Å²) < 4.78 is 9.82. The minimum Gasteiger partial charge on any atom is -0.508 e. The van der Waals surface area contributed by atoms with Gasteiger partial charge in [-0.1, -0.05) is 24.3 Å². The van der Waals surface area contributed by atoms with E-state index in [4.69, 9.17) is 9.47 Å². The lowest BCUT2D eigenvalue weighted by Gasteiger charge is -2.07. The number of aromatic hydroxyl groups is 1. The monoisotopic (exact) mass is 312 g/mol. The number of benzene rings is 2. The Bertz CT molecular complexity index is 762. The maximum absolute atomic E-state index is 12.1. The molecule has 2 aromatic rings. The molecule has 0 saturated carbocycles. The summed E-state index contributed by atoms with van der Waals surface area (Å²) in [5.41, 5.74) is 1.31. The van der Waals surface area contributed by atoms with Crippen molar-refractivity contribution in [1.29, 1.82) is 0 Å². The quantitative estimate of drug-likeness (QED) is 0.522. The molecule has 0 saturated heterocycles. The fourth-order valence-corrected chi connectivity index (χ4v) is 2.03. The lowest BCUT2D eigenvalue weighted by Crippen LogP contribution is -2.04. The molecule has 118 valence electrons. The molecular formula is C18H16O5. The maximum Gasteiger partial charge on any atom is 0.341 e. The lowest BCUT2D eigenvalue weighted by molar-refractivity contribution is 0.0597. The minimum atomic E-state index is -0.517. The van der Waals surface area contributed by atoms with E-state index in [1.807, 2.05) is 0 Å². The fraction of sp³-hybridized carbons (Fsp3) is 0.111. The number of phenolic OH excluding ortho intramolecular Hbond substituents is 1. The normalized spacial score (nSPS) is 10.5. The SMILES string of the molecule is COC(=O)c1cc(/C=C/C(=O)c2cccc(O)c2)ccc1OC. The van der Waals surface area contributed by atoms with Crippen LogP contribution in [0.3, 0.4) is 0 Å². The number of phenols is 1. The molecule has 0 unspecified atom stereocenters. The molecule has 23 heavy (non-hydrogen) atoms. The first-order valence-electron chi connectivity index (χ1n) is 6.83. The third-order valence-corrected chi connectivity index (χ3v) is 3.19. The molecule has 0 bridgehead atoms. The Hall–Kier alpha value is -3.08. The van der Waals surface area contributed by atoms with E-state index >= 15 is 0 Å². The van der Waals surface area contributed by atoms with Crippen LogP contribution >= 0.6 is 0 Å². The zero-order chi connectivity index (χ0) is 16.8. The smallest absolute Gasteiger partial charge is 0.341 e. The predicted octanol–water partition coefficient (Wildman–Crippen LogP) is 3.08. The Kier molecular flexibility index (Phi) is 5.15. The average Bonchev–Trinajstić information content (AvgIpc) is 2.58. The van der Waals surface area contributed by atoms with Crippen LogP contribution < -0.4 is 4.74 Å². The van der Waals surface area contributed by atoms with Gasteiger partial charge in [0.2, 0.25) is 0 Å². The third kappa shape index (κ3) is 3.97. The van der Waals surface area contributed by atoms with Crippen molar-refractivity contribution in [1.82, 2.24) is 0 Å². The van der Waals surface area contributed by atoms with E-state index in [0.717, 1.165) is 0 Å². The molecule has 0 aliphatic rings. The van der Waals surface area contributed by atoms with Crippen LogP contribution in [0.4, 0.5) is 0 Å². The van der Waals surface area contributed by atoms with Crippen molar-refractivity contribution in [3.63, 3.8) is 0 Å². The van der Waals surface area contributed by atoms with Crippen molar-refractivity contribution in [3.8, 4) is 11.5 Å². The number of carbonyl (C=O) groups is 2. The van der Waals surface area contributed by atoms with E-state index in [9.17, 15) is 14.7 Å². The van der Waals surface area contributed by atoms with E-state index in [2.05, 4.69) is 0 Å². The van der Waals surface area contributed by atoms with Gasteiger partial charge in [-0.15, -0.1) is 0 Å². The lowest BCUT2D eigenvalue weighted by atomic mass is 10.1. The molecule has 1 N–H and O–H groups in total. The van der Waals surface area contributed by atoms with Crippen LogP contribution in [-0.4, -0.2) is 31.1 Å². The molecule has 0 heterocycles. The van der Waals surface area contributed by atoms with Crippen LogP contribution in [0.5, 0.6) is 11.5 Å². The summed E-state index contributed by atoms with van der Waals surface area (Å²) in [6.45, 7) is 0. The highest BCUT2D eigenvalue weighted by Gasteiger charge is 2.12. The highest BCUT2D eigenvalue weighted by Crippen LogP contribution is 2.21. The van der Waals surface area contributed by atoms with Gasteiger partial charge >= 0.3 is 5.97 Å². The number of methoxy groups -OCH3 is 2. The number of ether oxygens (including phenoxy) is 2. The summed E-state index contributed by atoms with van der Waals surface area (Å²) in [5, 5.41) is 9.39. The molecule has 5 nitrogen and oxygen atoms in total. The van der Waals surface area contributed by atoms with E-state index in [-0.39, 0.29) is 17.1 Å². The number of carbonyl (C=O) groups excluding carboxylic acids is 2. The first-order chi connectivity index (χ1) is 11.0. The van der Waals surface area contributed by atoms with Gasteiger partial charge in [0.05, 0.1) is 14.2 Å². The van der Waals surface area contributed by atoms with Crippen molar-refractivity contribution in [3.05, 3.63) is 65.2 Å². The number of allylic oxidation sites excluding steroid dienone is 1. The molecule has 0 radical (unpaired) electrons. The average molecular weight is 312 g/mol. The maximum atomic E-state index is 12.1. The van der Waals surface area contributed by atoms with Gasteiger partial charge in [-0.3, -0.25) is 4.79 Å². The van der Waals surface area contributed by atoms with Crippen LogP contribution in [0, 0.1) is 0 Å². The summed E-state index contributed by atoms with van der Waals surface area (Å²) in [5.74, 6) is -0.345. The zero-order valence-electron chi connectivity index (χ0n) is 12.8.